The fraction of sp³-hybridized carbons (Fsp3) is 0.593. The number of ether oxygens (including phenoxy) is 1. The van der Waals surface area contributed by atoms with Gasteiger partial charge in [-0.2, -0.15) is 10.4 Å². The van der Waals surface area contributed by atoms with Crippen molar-refractivity contribution in [1.29, 1.82) is 5.26 Å². The molecule has 3 aliphatic rings. The minimum Gasteiger partial charge on any atom is -0.381 e. The molecule has 0 radical (unpaired) electrons. The number of hydrogen-bond donors (Lipinski definition) is 1. The van der Waals surface area contributed by atoms with E-state index in [-0.39, 0.29) is 17.6 Å². The number of methoxy groups -OCH3 is 1. The number of piperidine rings is 1. The summed E-state index contributed by atoms with van der Waals surface area (Å²) >= 11 is 0. The van der Waals surface area contributed by atoms with Crippen molar-refractivity contribution in [3.63, 3.8) is 0 Å². The molecule has 0 aromatic carbocycles. The van der Waals surface area contributed by atoms with Crippen molar-refractivity contribution in [3.05, 3.63) is 31.0 Å². The van der Waals surface area contributed by atoms with Crippen LogP contribution >= 0.6 is 0 Å². The highest BCUT2D eigenvalue weighted by Crippen LogP contribution is 2.37. The molecule has 3 fully saturated rings. The number of H-pyrrole nitrogens is 1. The number of carbonyl (C=O) groups is 1. The van der Waals surface area contributed by atoms with Gasteiger partial charge in [-0.15, -0.1) is 0 Å². The normalized spacial score (nSPS) is 24.6. The molecule has 3 aromatic rings. The Morgan fingerprint density at radius 1 is 1.24 bits per heavy atom. The molecule has 2 aliphatic heterocycles. The molecule has 10 nitrogen and oxygen atoms in total. The van der Waals surface area contributed by atoms with E-state index >= 15 is 0 Å². The maximum absolute atomic E-state index is 13.1. The Morgan fingerprint density at radius 2 is 2.08 bits per heavy atom. The maximum atomic E-state index is 13.1. The first-order valence-corrected chi connectivity index (χ1v) is 13.4. The van der Waals surface area contributed by atoms with Crippen LogP contribution in [0.2, 0.25) is 0 Å². The summed E-state index contributed by atoms with van der Waals surface area (Å²) < 4.78 is 7.50. The number of rotatable bonds is 6. The van der Waals surface area contributed by atoms with Crippen molar-refractivity contribution >= 4 is 16.9 Å². The average Bonchev–Trinajstić information content (AvgIpc) is 3.60. The molecule has 1 amide bonds. The van der Waals surface area contributed by atoms with Crippen LogP contribution in [0.3, 0.4) is 0 Å². The van der Waals surface area contributed by atoms with E-state index in [9.17, 15) is 10.1 Å². The minimum absolute atomic E-state index is 0.110. The van der Waals surface area contributed by atoms with Crippen molar-refractivity contribution in [2.45, 2.75) is 62.6 Å². The monoisotopic (exact) mass is 502 g/mol. The topological polar surface area (TPSA) is 116 Å². The Balaban J connectivity index is 1.09. The lowest BCUT2D eigenvalue weighted by Crippen LogP contribution is -2.66. The number of amides is 1. The summed E-state index contributed by atoms with van der Waals surface area (Å²) in [6, 6.07) is 4.80. The van der Waals surface area contributed by atoms with E-state index in [1.807, 2.05) is 29.3 Å². The van der Waals surface area contributed by atoms with E-state index in [1.165, 1.54) is 0 Å². The molecule has 37 heavy (non-hydrogen) atoms. The molecule has 5 heterocycles. The number of fused-ring (bicyclic) bond motifs is 1. The molecule has 1 saturated carbocycles. The lowest BCUT2D eigenvalue weighted by atomic mass is 9.83. The number of carbonyl (C=O) groups excluding carboxylic acids is 1. The number of nitrogens with zero attached hydrogens (tertiary/aromatic N) is 7. The van der Waals surface area contributed by atoms with Gasteiger partial charge in [0.15, 0.2) is 0 Å². The Morgan fingerprint density at radius 3 is 2.86 bits per heavy atom. The predicted octanol–water partition coefficient (Wildman–Crippen LogP) is 2.94. The first kappa shape index (κ1) is 24.1. The van der Waals surface area contributed by atoms with E-state index in [4.69, 9.17) is 4.74 Å². The van der Waals surface area contributed by atoms with Gasteiger partial charge in [0.1, 0.15) is 17.5 Å². The number of aromatic amines is 1. The second kappa shape index (κ2) is 9.88. The highest BCUT2D eigenvalue weighted by molar-refractivity contribution is 5.90. The van der Waals surface area contributed by atoms with Gasteiger partial charge in [-0.25, -0.2) is 9.97 Å². The maximum Gasteiger partial charge on any atom is 0.225 e. The first-order valence-electron chi connectivity index (χ1n) is 13.4. The second-order valence-corrected chi connectivity index (χ2v) is 10.9. The second-order valence-electron chi connectivity index (χ2n) is 10.9. The standard InChI is InChI=1S/C27H34N8O2/c1-37-22-4-2-3-19(13-22)26(36)33-11-6-21(7-12-33)34-16-27(17-34,8-9-28)35-15-20(14-32-35)24-23-5-10-29-25(23)31-18-30-24/h5,10,14-15,18-19,21-22H,2-4,6-8,11-13,16-17H2,1H3,(H,29,30,31). The largest absolute Gasteiger partial charge is 0.381 e. The molecule has 0 bridgehead atoms. The summed E-state index contributed by atoms with van der Waals surface area (Å²) in [4.78, 5) is 29.6. The van der Waals surface area contributed by atoms with Gasteiger partial charge in [-0.3, -0.25) is 14.4 Å². The molecule has 3 aromatic heterocycles. The van der Waals surface area contributed by atoms with Crippen molar-refractivity contribution in [3.8, 4) is 17.3 Å². The number of aromatic nitrogens is 5. The molecule has 0 spiro atoms. The van der Waals surface area contributed by atoms with Crippen LogP contribution < -0.4 is 0 Å². The van der Waals surface area contributed by atoms with Gasteiger partial charge < -0.3 is 14.6 Å². The van der Waals surface area contributed by atoms with Crippen molar-refractivity contribution in [2.24, 2.45) is 5.92 Å². The first-order chi connectivity index (χ1) is 18.1. The molecule has 6 rings (SSSR count). The van der Waals surface area contributed by atoms with E-state index in [2.05, 4.69) is 35.9 Å². The van der Waals surface area contributed by atoms with Crippen molar-refractivity contribution in [1.82, 2.24) is 34.5 Å². The summed E-state index contributed by atoms with van der Waals surface area (Å²) in [7, 11) is 1.75. The lowest BCUT2D eigenvalue weighted by molar-refractivity contribution is -0.140. The minimum atomic E-state index is -0.332. The highest BCUT2D eigenvalue weighted by Gasteiger charge is 2.48. The quantitative estimate of drug-likeness (QED) is 0.551. The summed E-state index contributed by atoms with van der Waals surface area (Å²) in [6.07, 6.45) is 13.8. The number of hydrogen-bond acceptors (Lipinski definition) is 7. The highest BCUT2D eigenvalue weighted by atomic mass is 16.5. The Bertz CT molecular complexity index is 1290. The van der Waals surface area contributed by atoms with Crippen LogP contribution in [0.4, 0.5) is 0 Å². The molecular weight excluding hydrogens is 468 g/mol. The van der Waals surface area contributed by atoms with Gasteiger partial charge in [-0.1, -0.05) is 6.42 Å². The van der Waals surface area contributed by atoms with Crippen LogP contribution in [0.5, 0.6) is 0 Å². The zero-order chi connectivity index (χ0) is 25.4. The lowest BCUT2D eigenvalue weighted by Gasteiger charge is -2.53. The van der Waals surface area contributed by atoms with Gasteiger partial charge in [0, 0.05) is 68.6 Å². The Hall–Kier alpha value is -3.29. The van der Waals surface area contributed by atoms with Gasteiger partial charge in [0.25, 0.3) is 0 Å². The van der Waals surface area contributed by atoms with E-state index in [0.29, 0.717) is 18.4 Å². The Labute approximate surface area is 216 Å². The van der Waals surface area contributed by atoms with E-state index in [1.54, 1.807) is 13.4 Å². The predicted molar refractivity (Wildman–Crippen MR) is 137 cm³/mol. The molecule has 194 valence electrons. The summed E-state index contributed by atoms with van der Waals surface area (Å²) in [6.45, 7) is 3.21. The van der Waals surface area contributed by atoms with Crippen LogP contribution in [-0.4, -0.2) is 85.9 Å². The summed E-state index contributed by atoms with van der Waals surface area (Å²) in [5.41, 5.74) is 2.23. The van der Waals surface area contributed by atoms with Gasteiger partial charge >= 0.3 is 0 Å². The van der Waals surface area contributed by atoms with Gasteiger partial charge in [0.2, 0.25) is 5.91 Å². The SMILES string of the molecule is COC1CCCC(C(=O)N2CCC(N3CC(CC#N)(n4cc(-c5ncnc6[nH]ccc56)cn4)C3)CC2)C1. The average molecular weight is 503 g/mol. The van der Waals surface area contributed by atoms with E-state index in [0.717, 1.165) is 87.0 Å². The van der Waals surface area contributed by atoms with Gasteiger partial charge in [-0.05, 0) is 38.2 Å². The number of likely N-dealkylation sites (tertiary alicyclic amines) is 2. The van der Waals surface area contributed by atoms with E-state index < -0.39 is 0 Å². The smallest absolute Gasteiger partial charge is 0.225 e. The van der Waals surface area contributed by atoms with Crippen molar-refractivity contribution in [2.75, 3.05) is 33.3 Å². The van der Waals surface area contributed by atoms with Crippen LogP contribution in [0.25, 0.3) is 22.3 Å². The summed E-state index contributed by atoms with van der Waals surface area (Å²) in [5, 5.41) is 15.3. The van der Waals surface area contributed by atoms with Crippen LogP contribution in [0.1, 0.15) is 44.9 Å². The third kappa shape index (κ3) is 4.40. The molecule has 10 heteroatoms. The zero-order valence-corrected chi connectivity index (χ0v) is 21.3. The van der Waals surface area contributed by atoms with Crippen LogP contribution in [0, 0.1) is 17.2 Å². The molecule has 2 atom stereocenters. The third-order valence-corrected chi connectivity index (χ3v) is 8.70. The third-order valence-electron chi connectivity index (χ3n) is 8.70. The van der Waals surface area contributed by atoms with Gasteiger partial charge in [0.05, 0.1) is 30.5 Å². The molecule has 2 saturated heterocycles. The fourth-order valence-electron chi connectivity index (χ4n) is 6.55. The Kier molecular flexibility index (Phi) is 6.42. The summed E-state index contributed by atoms with van der Waals surface area (Å²) in [5.74, 6) is 0.423. The van der Waals surface area contributed by atoms with Crippen molar-refractivity contribution < 1.29 is 9.53 Å². The molecule has 1 N–H and O–H groups in total. The zero-order valence-electron chi connectivity index (χ0n) is 21.3. The van der Waals surface area contributed by atoms with Crippen LogP contribution in [-0.2, 0) is 15.1 Å². The van der Waals surface area contributed by atoms with Crippen LogP contribution in [0.15, 0.2) is 31.0 Å². The number of nitrogens with one attached hydrogen (secondary N) is 1. The molecule has 2 unspecified atom stereocenters. The fourth-order valence-corrected chi connectivity index (χ4v) is 6.55. The number of nitriles is 1. The molecular formula is C27H34N8O2. The molecule has 1 aliphatic carbocycles.